The van der Waals surface area contributed by atoms with Crippen LogP contribution in [-0.4, -0.2) is 40.0 Å². The summed E-state index contributed by atoms with van der Waals surface area (Å²) in [6.45, 7) is 6.79. The van der Waals surface area contributed by atoms with E-state index >= 15 is 0 Å². The Morgan fingerprint density at radius 2 is 1.84 bits per heavy atom. The molecular weight excluding hydrogens is 316 g/mol. The number of rotatable bonds is 7. The van der Waals surface area contributed by atoms with Crippen LogP contribution >= 0.6 is 0 Å². The van der Waals surface area contributed by atoms with Gasteiger partial charge < -0.3 is 24.4 Å². The van der Waals surface area contributed by atoms with E-state index in [9.17, 15) is 0 Å². The first-order valence-electron chi connectivity index (χ1n) is 8.77. The number of para-hydroxylation sites is 1. The molecule has 0 spiro atoms. The molecule has 0 bridgehead atoms. The number of hydrogen-bond acceptors (Lipinski definition) is 5. The minimum atomic E-state index is 0.613. The van der Waals surface area contributed by atoms with Gasteiger partial charge in [0.1, 0.15) is 0 Å². The topological polar surface area (TPSA) is 43.0 Å². The Kier molecular flexibility index (Phi) is 6.01. The number of nitrogens with one attached hydrogen (secondary N) is 1. The highest BCUT2D eigenvalue weighted by atomic mass is 16.5. The quantitative estimate of drug-likeness (QED) is 0.834. The van der Waals surface area contributed by atoms with Crippen LogP contribution in [0.3, 0.4) is 0 Å². The fraction of sp³-hybridized carbons (Fsp3) is 0.400. The van der Waals surface area contributed by atoms with E-state index < -0.39 is 0 Å². The molecule has 2 aromatic rings. The second-order valence-corrected chi connectivity index (χ2v) is 5.88. The average molecular weight is 342 g/mol. The number of nitrogens with zero attached hydrogens (tertiary/aromatic N) is 1. The van der Waals surface area contributed by atoms with Gasteiger partial charge in [0.15, 0.2) is 11.5 Å². The molecule has 1 heterocycles. The van der Waals surface area contributed by atoms with E-state index in [4.69, 9.17) is 14.2 Å². The second-order valence-electron chi connectivity index (χ2n) is 5.88. The van der Waals surface area contributed by atoms with Crippen LogP contribution in [0.5, 0.6) is 11.5 Å². The van der Waals surface area contributed by atoms with Gasteiger partial charge in [-0.15, -0.1) is 0 Å². The monoisotopic (exact) mass is 342 g/mol. The van der Waals surface area contributed by atoms with Gasteiger partial charge in [0.05, 0.1) is 26.9 Å². The van der Waals surface area contributed by atoms with Gasteiger partial charge in [0, 0.05) is 36.6 Å². The summed E-state index contributed by atoms with van der Waals surface area (Å²) in [6, 6.07) is 14.5. The molecule has 1 N–H and O–H groups in total. The van der Waals surface area contributed by atoms with Crippen LogP contribution in [0.15, 0.2) is 42.5 Å². The molecule has 134 valence electrons. The summed E-state index contributed by atoms with van der Waals surface area (Å²) in [5.74, 6) is 1.58. The Labute approximate surface area is 149 Å². The molecule has 2 aromatic carbocycles. The first kappa shape index (κ1) is 17.4. The predicted molar refractivity (Wildman–Crippen MR) is 101 cm³/mol. The van der Waals surface area contributed by atoms with E-state index in [1.54, 1.807) is 7.11 Å². The van der Waals surface area contributed by atoms with Crippen molar-refractivity contribution in [3.8, 4) is 11.5 Å². The molecule has 0 amide bonds. The third kappa shape index (κ3) is 4.37. The summed E-state index contributed by atoms with van der Waals surface area (Å²) in [6.07, 6.45) is 0. The number of hydrogen-bond donors (Lipinski definition) is 1. The molecule has 1 fully saturated rings. The molecule has 25 heavy (non-hydrogen) atoms. The van der Waals surface area contributed by atoms with Crippen LogP contribution in [0.2, 0.25) is 0 Å². The molecule has 0 atom stereocenters. The van der Waals surface area contributed by atoms with E-state index in [0.29, 0.717) is 13.2 Å². The number of morpholine rings is 1. The van der Waals surface area contributed by atoms with Gasteiger partial charge in [-0.3, -0.25) is 0 Å². The minimum Gasteiger partial charge on any atom is -0.493 e. The van der Waals surface area contributed by atoms with Crippen molar-refractivity contribution >= 4 is 11.4 Å². The van der Waals surface area contributed by atoms with Crippen LogP contribution < -0.4 is 19.7 Å². The summed E-state index contributed by atoms with van der Waals surface area (Å²) < 4.78 is 16.6. The molecule has 1 saturated heterocycles. The zero-order chi connectivity index (χ0) is 17.5. The van der Waals surface area contributed by atoms with Crippen LogP contribution in [0.4, 0.5) is 11.4 Å². The van der Waals surface area contributed by atoms with Crippen molar-refractivity contribution in [2.75, 3.05) is 50.2 Å². The Morgan fingerprint density at radius 1 is 1.08 bits per heavy atom. The average Bonchev–Trinajstić information content (AvgIpc) is 2.68. The van der Waals surface area contributed by atoms with Crippen molar-refractivity contribution in [1.29, 1.82) is 0 Å². The zero-order valence-corrected chi connectivity index (χ0v) is 15.0. The Balaban J connectivity index is 1.65. The number of methoxy groups -OCH3 is 1. The van der Waals surface area contributed by atoms with E-state index in [2.05, 4.69) is 40.5 Å². The lowest BCUT2D eigenvalue weighted by molar-refractivity contribution is 0.122. The molecule has 0 aromatic heterocycles. The van der Waals surface area contributed by atoms with Gasteiger partial charge in [-0.25, -0.2) is 0 Å². The van der Waals surface area contributed by atoms with Crippen molar-refractivity contribution in [2.45, 2.75) is 13.5 Å². The third-order valence-corrected chi connectivity index (χ3v) is 4.30. The third-order valence-electron chi connectivity index (χ3n) is 4.30. The van der Waals surface area contributed by atoms with E-state index in [1.807, 2.05) is 19.1 Å². The standard InChI is InChI=1S/C20H26N2O3/c1-3-25-20-16(5-4-6-19(20)23-2)15-21-17-7-9-18(10-8-17)22-11-13-24-14-12-22/h4-10,21H,3,11-15H2,1-2H3. The van der Waals surface area contributed by atoms with Crippen LogP contribution in [0.1, 0.15) is 12.5 Å². The van der Waals surface area contributed by atoms with Crippen molar-refractivity contribution in [3.63, 3.8) is 0 Å². The first-order chi connectivity index (χ1) is 12.3. The molecular formula is C20H26N2O3. The molecule has 3 rings (SSSR count). The molecule has 0 radical (unpaired) electrons. The lowest BCUT2D eigenvalue weighted by Gasteiger charge is -2.29. The molecule has 0 saturated carbocycles. The molecule has 5 heteroatoms. The SMILES string of the molecule is CCOc1c(CNc2ccc(N3CCOCC3)cc2)cccc1OC. The maximum absolute atomic E-state index is 5.76. The van der Waals surface area contributed by atoms with E-state index in [0.717, 1.165) is 49.1 Å². The Bertz CT molecular complexity index is 667. The van der Waals surface area contributed by atoms with Gasteiger partial charge in [-0.1, -0.05) is 12.1 Å². The van der Waals surface area contributed by atoms with Crippen molar-refractivity contribution in [1.82, 2.24) is 0 Å². The van der Waals surface area contributed by atoms with Crippen LogP contribution in [-0.2, 0) is 11.3 Å². The highest BCUT2D eigenvalue weighted by molar-refractivity contribution is 5.56. The highest BCUT2D eigenvalue weighted by Crippen LogP contribution is 2.31. The van der Waals surface area contributed by atoms with Crippen LogP contribution in [0.25, 0.3) is 0 Å². The van der Waals surface area contributed by atoms with Crippen molar-refractivity contribution in [2.24, 2.45) is 0 Å². The highest BCUT2D eigenvalue weighted by Gasteiger charge is 2.12. The molecule has 1 aliphatic heterocycles. The minimum absolute atomic E-state index is 0.613. The molecule has 5 nitrogen and oxygen atoms in total. The molecule has 1 aliphatic rings. The van der Waals surface area contributed by atoms with Gasteiger partial charge in [0.25, 0.3) is 0 Å². The number of benzene rings is 2. The van der Waals surface area contributed by atoms with Gasteiger partial charge in [-0.05, 0) is 37.3 Å². The number of ether oxygens (including phenoxy) is 3. The second kappa shape index (κ2) is 8.62. The lowest BCUT2D eigenvalue weighted by atomic mass is 10.1. The summed E-state index contributed by atoms with van der Waals surface area (Å²) in [4.78, 5) is 2.35. The largest absolute Gasteiger partial charge is 0.493 e. The summed E-state index contributed by atoms with van der Waals surface area (Å²) in [5, 5.41) is 3.46. The van der Waals surface area contributed by atoms with E-state index in [1.165, 1.54) is 5.69 Å². The van der Waals surface area contributed by atoms with Gasteiger partial charge in [-0.2, -0.15) is 0 Å². The molecule has 0 aliphatic carbocycles. The maximum Gasteiger partial charge on any atom is 0.166 e. The maximum atomic E-state index is 5.76. The fourth-order valence-electron chi connectivity index (χ4n) is 2.98. The Morgan fingerprint density at radius 3 is 2.52 bits per heavy atom. The fourth-order valence-corrected chi connectivity index (χ4v) is 2.98. The first-order valence-corrected chi connectivity index (χ1v) is 8.77. The summed E-state index contributed by atoms with van der Waals surface area (Å²) in [7, 11) is 1.67. The molecule has 0 unspecified atom stereocenters. The van der Waals surface area contributed by atoms with Crippen molar-refractivity contribution in [3.05, 3.63) is 48.0 Å². The lowest BCUT2D eigenvalue weighted by Crippen LogP contribution is -2.36. The smallest absolute Gasteiger partial charge is 0.166 e. The number of anilines is 2. The normalized spacial score (nSPS) is 14.2. The Hall–Kier alpha value is -2.40. The zero-order valence-electron chi connectivity index (χ0n) is 15.0. The predicted octanol–water partition coefficient (Wildman–Crippen LogP) is 3.54. The van der Waals surface area contributed by atoms with Gasteiger partial charge >= 0.3 is 0 Å². The summed E-state index contributed by atoms with van der Waals surface area (Å²) in [5.41, 5.74) is 3.41. The van der Waals surface area contributed by atoms with Crippen LogP contribution in [0, 0.1) is 0 Å². The van der Waals surface area contributed by atoms with Gasteiger partial charge in [0.2, 0.25) is 0 Å². The summed E-state index contributed by atoms with van der Waals surface area (Å²) >= 11 is 0. The van der Waals surface area contributed by atoms with E-state index in [-0.39, 0.29) is 0 Å². The van der Waals surface area contributed by atoms with Crippen molar-refractivity contribution < 1.29 is 14.2 Å².